The van der Waals surface area contributed by atoms with Crippen molar-refractivity contribution < 1.29 is 9.53 Å². The first kappa shape index (κ1) is 17.4. The lowest BCUT2D eigenvalue weighted by atomic mass is 10.1. The van der Waals surface area contributed by atoms with Gasteiger partial charge in [-0.15, -0.1) is 0 Å². The fourth-order valence-electron chi connectivity index (χ4n) is 1.98. The Morgan fingerprint density at radius 3 is 2.57 bits per heavy atom. The van der Waals surface area contributed by atoms with Gasteiger partial charge in [0, 0.05) is 24.4 Å². The topological polar surface area (TPSA) is 71.2 Å². The van der Waals surface area contributed by atoms with Gasteiger partial charge >= 0.3 is 0 Å². The molecule has 1 rings (SSSR count). The summed E-state index contributed by atoms with van der Waals surface area (Å²) >= 11 is 0. The number of nitrogens with one attached hydrogen (secondary N) is 2. The lowest BCUT2D eigenvalue weighted by molar-refractivity contribution is -0.132. The van der Waals surface area contributed by atoms with Gasteiger partial charge in [-0.1, -0.05) is 13.8 Å². The number of pyridine rings is 1. The number of aryl methyl sites for hydroxylation is 2. The minimum Gasteiger partial charge on any atom is -0.369 e. The second kappa shape index (κ2) is 7.98. The van der Waals surface area contributed by atoms with Crippen LogP contribution in [0.15, 0.2) is 10.9 Å². The van der Waals surface area contributed by atoms with E-state index in [4.69, 9.17) is 4.74 Å². The lowest BCUT2D eigenvalue weighted by Gasteiger charge is -2.14. The number of hydrogen-bond acceptors (Lipinski definition) is 3. The van der Waals surface area contributed by atoms with Crippen LogP contribution in [0.1, 0.15) is 44.0 Å². The van der Waals surface area contributed by atoms with E-state index in [0.29, 0.717) is 18.1 Å². The molecule has 5 nitrogen and oxygen atoms in total. The Kier molecular flexibility index (Phi) is 6.62. The summed E-state index contributed by atoms with van der Waals surface area (Å²) in [5.41, 5.74) is 2.13. The van der Waals surface area contributed by atoms with E-state index in [1.54, 1.807) is 6.92 Å². The lowest BCUT2D eigenvalue weighted by Crippen LogP contribution is -2.36. The van der Waals surface area contributed by atoms with E-state index >= 15 is 0 Å². The van der Waals surface area contributed by atoms with E-state index in [2.05, 4.69) is 24.1 Å². The van der Waals surface area contributed by atoms with Crippen molar-refractivity contribution in [3.63, 3.8) is 0 Å². The standard InChI is InChI=1S/C16H26N2O3/c1-10(2)6-7-21-13(5)15(19)17-9-14-11(3)8-12(4)18-16(14)20/h8,10,13H,6-7,9H2,1-5H3,(H,17,19)(H,18,20)/t13-/m0/s1. The van der Waals surface area contributed by atoms with Crippen LogP contribution in [-0.2, 0) is 16.1 Å². The summed E-state index contributed by atoms with van der Waals surface area (Å²) in [5.74, 6) is 0.354. The maximum atomic E-state index is 11.9. The SMILES string of the molecule is Cc1cc(C)c(CNC(=O)[C@H](C)OCCC(C)C)c(=O)[nH]1. The van der Waals surface area contributed by atoms with Crippen molar-refractivity contribution in [2.45, 2.75) is 53.7 Å². The molecular formula is C16H26N2O3. The van der Waals surface area contributed by atoms with Gasteiger partial charge in [-0.3, -0.25) is 9.59 Å². The number of carbonyl (C=O) groups is 1. The molecule has 0 aromatic carbocycles. The van der Waals surface area contributed by atoms with Crippen LogP contribution in [0.4, 0.5) is 0 Å². The third-order valence-electron chi connectivity index (χ3n) is 3.37. The van der Waals surface area contributed by atoms with Crippen LogP contribution in [0.25, 0.3) is 0 Å². The molecule has 2 N–H and O–H groups in total. The fourth-order valence-corrected chi connectivity index (χ4v) is 1.98. The number of carbonyl (C=O) groups excluding carboxylic acids is 1. The summed E-state index contributed by atoms with van der Waals surface area (Å²) < 4.78 is 5.48. The summed E-state index contributed by atoms with van der Waals surface area (Å²) in [6, 6.07) is 1.89. The number of ether oxygens (including phenoxy) is 1. The van der Waals surface area contributed by atoms with E-state index in [1.165, 1.54) is 0 Å². The molecule has 21 heavy (non-hydrogen) atoms. The summed E-state index contributed by atoms with van der Waals surface area (Å²) in [6.07, 6.45) is 0.419. The smallest absolute Gasteiger partial charge is 0.253 e. The number of aromatic amines is 1. The highest BCUT2D eigenvalue weighted by Gasteiger charge is 2.14. The van der Waals surface area contributed by atoms with Crippen molar-refractivity contribution in [3.05, 3.63) is 33.2 Å². The van der Waals surface area contributed by atoms with Gasteiger partial charge in [0.1, 0.15) is 6.10 Å². The molecule has 1 amide bonds. The summed E-state index contributed by atoms with van der Waals surface area (Å²) in [5, 5.41) is 2.75. The van der Waals surface area contributed by atoms with Crippen molar-refractivity contribution >= 4 is 5.91 Å². The zero-order valence-corrected chi connectivity index (χ0v) is 13.6. The molecule has 0 aliphatic heterocycles. The third kappa shape index (κ3) is 5.71. The van der Waals surface area contributed by atoms with Crippen LogP contribution in [0.3, 0.4) is 0 Å². The van der Waals surface area contributed by atoms with Gasteiger partial charge < -0.3 is 15.0 Å². The molecule has 0 unspecified atom stereocenters. The Bertz CT molecular complexity index is 535. The molecule has 1 heterocycles. The first-order valence-electron chi connectivity index (χ1n) is 7.40. The second-order valence-electron chi connectivity index (χ2n) is 5.86. The quantitative estimate of drug-likeness (QED) is 0.808. The number of rotatable bonds is 7. The van der Waals surface area contributed by atoms with Gasteiger partial charge in [-0.2, -0.15) is 0 Å². The highest BCUT2D eigenvalue weighted by atomic mass is 16.5. The normalized spacial score (nSPS) is 12.5. The molecule has 0 spiro atoms. The number of aromatic nitrogens is 1. The van der Waals surface area contributed by atoms with Gasteiger partial charge in [0.15, 0.2) is 0 Å². The highest BCUT2D eigenvalue weighted by Crippen LogP contribution is 2.04. The zero-order chi connectivity index (χ0) is 16.0. The second-order valence-corrected chi connectivity index (χ2v) is 5.86. The Morgan fingerprint density at radius 2 is 2.00 bits per heavy atom. The van der Waals surface area contributed by atoms with Crippen molar-refractivity contribution in [2.24, 2.45) is 5.92 Å². The Hall–Kier alpha value is -1.62. The van der Waals surface area contributed by atoms with Crippen molar-refractivity contribution in [1.82, 2.24) is 10.3 Å². The number of hydrogen-bond donors (Lipinski definition) is 2. The molecule has 118 valence electrons. The molecule has 0 saturated heterocycles. The fraction of sp³-hybridized carbons (Fsp3) is 0.625. The van der Waals surface area contributed by atoms with E-state index in [-0.39, 0.29) is 18.0 Å². The van der Waals surface area contributed by atoms with Gasteiger partial charge in [-0.25, -0.2) is 0 Å². The van der Waals surface area contributed by atoms with Crippen molar-refractivity contribution in [2.75, 3.05) is 6.61 Å². The molecular weight excluding hydrogens is 268 g/mol. The average molecular weight is 294 g/mol. The van der Waals surface area contributed by atoms with Crippen molar-refractivity contribution in [1.29, 1.82) is 0 Å². The van der Waals surface area contributed by atoms with Crippen LogP contribution in [0.2, 0.25) is 0 Å². The number of amides is 1. The predicted molar refractivity (Wildman–Crippen MR) is 83.3 cm³/mol. The van der Waals surface area contributed by atoms with E-state index < -0.39 is 6.10 Å². The first-order valence-corrected chi connectivity index (χ1v) is 7.40. The molecule has 0 aliphatic rings. The molecule has 5 heteroatoms. The Morgan fingerprint density at radius 1 is 1.33 bits per heavy atom. The van der Waals surface area contributed by atoms with Crippen LogP contribution < -0.4 is 10.9 Å². The van der Waals surface area contributed by atoms with Crippen molar-refractivity contribution in [3.8, 4) is 0 Å². The van der Waals surface area contributed by atoms with Gasteiger partial charge in [0.05, 0.1) is 0 Å². The zero-order valence-electron chi connectivity index (χ0n) is 13.6. The molecule has 1 aromatic heterocycles. The summed E-state index contributed by atoms with van der Waals surface area (Å²) in [4.78, 5) is 26.5. The monoisotopic (exact) mass is 294 g/mol. The summed E-state index contributed by atoms with van der Waals surface area (Å²) in [7, 11) is 0. The molecule has 0 saturated carbocycles. The van der Waals surface area contributed by atoms with Gasteiger partial charge in [0.2, 0.25) is 5.91 Å². The molecule has 0 radical (unpaired) electrons. The molecule has 0 aliphatic carbocycles. The predicted octanol–water partition coefficient (Wildman–Crippen LogP) is 2.06. The largest absolute Gasteiger partial charge is 0.369 e. The number of H-pyrrole nitrogens is 1. The molecule has 0 bridgehead atoms. The molecule has 0 fully saturated rings. The van der Waals surface area contributed by atoms with Gasteiger partial charge in [0.25, 0.3) is 5.56 Å². The van der Waals surface area contributed by atoms with Crippen LogP contribution in [0.5, 0.6) is 0 Å². The van der Waals surface area contributed by atoms with E-state index in [9.17, 15) is 9.59 Å². The maximum absolute atomic E-state index is 11.9. The first-order chi connectivity index (χ1) is 9.81. The van der Waals surface area contributed by atoms with Crippen LogP contribution in [-0.4, -0.2) is 23.6 Å². The third-order valence-corrected chi connectivity index (χ3v) is 3.37. The average Bonchev–Trinajstić information content (AvgIpc) is 2.36. The minimum absolute atomic E-state index is 0.152. The van der Waals surface area contributed by atoms with Crippen LogP contribution in [0, 0.1) is 19.8 Å². The van der Waals surface area contributed by atoms with E-state index in [1.807, 2.05) is 19.9 Å². The maximum Gasteiger partial charge on any atom is 0.253 e. The van der Waals surface area contributed by atoms with E-state index in [0.717, 1.165) is 17.7 Å². The highest BCUT2D eigenvalue weighted by molar-refractivity contribution is 5.80. The Labute approximate surface area is 126 Å². The minimum atomic E-state index is -0.506. The molecule has 1 atom stereocenters. The van der Waals surface area contributed by atoms with Gasteiger partial charge in [-0.05, 0) is 44.7 Å². The van der Waals surface area contributed by atoms with Crippen LogP contribution >= 0.6 is 0 Å². The molecule has 1 aromatic rings. The summed E-state index contributed by atoms with van der Waals surface area (Å²) in [6.45, 7) is 10.4. The Balaban J connectivity index is 2.51.